The maximum absolute atomic E-state index is 10.9. The van der Waals surface area contributed by atoms with Gasteiger partial charge >= 0.3 is 5.97 Å². The lowest BCUT2D eigenvalue weighted by Gasteiger charge is -2.07. The molecular formula is C12H15Cl2NO2. The third-order valence-electron chi connectivity index (χ3n) is 2.31. The number of ether oxygens (including phenoxy) is 1. The van der Waals surface area contributed by atoms with Crippen molar-refractivity contribution in [2.45, 2.75) is 19.4 Å². The van der Waals surface area contributed by atoms with Crippen molar-refractivity contribution in [1.29, 1.82) is 0 Å². The number of benzene rings is 1. The summed E-state index contributed by atoms with van der Waals surface area (Å²) in [4.78, 5) is 10.9. The van der Waals surface area contributed by atoms with Crippen molar-refractivity contribution in [2.75, 3.05) is 13.7 Å². The van der Waals surface area contributed by atoms with Gasteiger partial charge in [-0.3, -0.25) is 4.79 Å². The molecule has 0 aliphatic heterocycles. The van der Waals surface area contributed by atoms with E-state index >= 15 is 0 Å². The molecule has 0 aromatic heterocycles. The van der Waals surface area contributed by atoms with Crippen molar-refractivity contribution in [1.82, 2.24) is 5.32 Å². The van der Waals surface area contributed by atoms with Gasteiger partial charge in [-0.15, -0.1) is 0 Å². The second kappa shape index (κ2) is 7.54. The molecule has 0 saturated heterocycles. The summed E-state index contributed by atoms with van der Waals surface area (Å²) < 4.78 is 4.54. The van der Waals surface area contributed by atoms with Crippen LogP contribution in [-0.2, 0) is 16.1 Å². The summed E-state index contributed by atoms with van der Waals surface area (Å²) in [5.41, 5.74) is 0.956. The average molecular weight is 276 g/mol. The minimum absolute atomic E-state index is 0.187. The van der Waals surface area contributed by atoms with E-state index in [0.29, 0.717) is 23.0 Å². The summed E-state index contributed by atoms with van der Waals surface area (Å²) >= 11 is 11.9. The molecule has 3 nitrogen and oxygen atoms in total. The van der Waals surface area contributed by atoms with Crippen molar-refractivity contribution in [3.63, 3.8) is 0 Å². The van der Waals surface area contributed by atoms with Crippen molar-refractivity contribution < 1.29 is 9.53 Å². The molecule has 1 aromatic carbocycles. The van der Waals surface area contributed by atoms with Gasteiger partial charge in [0.25, 0.3) is 0 Å². The number of methoxy groups -OCH3 is 1. The number of hydrogen-bond donors (Lipinski definition) is 1. The van der Waals surface area contributed by atoms with E-state index in [-0.39, 0.29) is 5.97 Å². The summed E-state index contributed by atoms with van der Waals surface area (Å²) in [6.45, 7) is 1.37. The van der Waals surface area contributed by atoms with Gasteiger partial charge in [0, 0.05) is 13.0 Å². The van der Waals surface area contributed by atoms with Gasteiger partial charge in [-0.05, 0) is 24.6 Å². The van der Waals surface area contributed by atoms with Gasteiger partial charge < -0.3 is 10.1 Å². The van der Waals surface area contributed by atoms with Crippen LogP contribution in [0, 0.1) is 0 Å². The molecule has 0 bridgehead atoms. The van der Waals surface area contributed by atoms with Crippen molar-refractivity contribution in [3.05, 3.63) is 33.8 Å². The van der Waals surface area contributed by atoms with E-state index in [4.69, 9.17) is 23.2 Å². The zero-order valence-electron chi connectivity index (χ0n) is 9.63. The SMILES string of the molecule is COC(=O)CCCNCc1cccc(Cl)c1Cl. The molecule has 0 saturated carbocycles. The second-order valence-electron chi connectivity index (χ2n) is 3.57. The van der Waals surface area contributed by atoms with Crippen molar-refractivity contribution in [3.8, 4) is 0 Å². The summed E-state index contributed by atoms with van der Waals surface area (Å²) in [6, 6.07) is 5.53. The van der Waals surface area contributed by atoms with E-state index in [2.05, 4.69) is 10.1 Å². The van der Waals surface area contributed by atoms with Gasteiger partial charge in [-0.25, -0.2) is 0 Å². The van der Waals surface area contributed by atoms with Crippen LogP contribution < -0.4 is 5.32 Å². The lowest BCUT2D eigenvalue weighted by atomic mass is 10.2. The summed E-state index contributed by atoms with van der Waals surface area (Å²) in [6.07, 6.45) is 1.16. The molecule has 1 N–H and O–H groups in total. The molecule has 17 heavy (non-hydrogen) atoms. The Balaban J connectivity index is 2.27. The Kier molecular flexibility index (Phi) is 6.34. The number of hydrogen-bond acceptors (Lipinski definition) is 3. The molecule has 0 aliphatic rings. The largest absolute Gasteiger partial charge is 0.469 e. The fourth-order valence-electron chi connectivity index (χ4n) is 1.37. The molecule has 0 radical (unpaired) electrons. The smallest absolute Gasteiger partial charge is 0.305 e. The molecule has 0 atom stereocenters. The standard InChI is InChI=1S/C12H15Cl2NO2/c1-17-11(16)6-3-7-15-8-9-4-2-5-10(13)12(9)14/h2,4-5,15H,3,6-8H2,1H3. The number of carbonyl (C=O) groups is 1. The molecular weight excluding hydrogens is 261 g/mol. The molecule has 0 spiro atoms. The summed E-state index contributed by atoms with van der Waals surface area (Å²) in [5.74, 6) is -0.187. The lowest BCUT2D eigenvalue weighted by molar-refractivity contribution is -0.140. The van der Waals surface area contributed by atoms with E-state index < -0.39 is 0 Å². The fraction of sp³-hybridized carbons (Fsp3) is 0.417. The van der Waals surface area contributed by atoms with Gasteiger partial charge in [-0.1, -0.05) is 35.3 Å². The van der Waals surface area contributed by atoms with Crippen molar-refractivity contribution >= 4 is 29.2 Å². The predicted molar refractivity (Wildman–Crippen MR) is 69.4 cm³/mol. The summed E-state index contributed by atoms with van der Waals surface area (Å²) in [7, 11) is 1.39. The minimum Gasteiger partial charge on any atom is -0.469 e. The minimum atomic E-state index is -0.187. The van der Waals surface area contributed by atoms with Crippen LogP contribution >= 0.6 is 23.2 Å². The van der Waals surface area contributed by atoms with Crippen LogP contribution in [-0.4, -0.2) is 19.6 Å². The van der Waals surface area contributed by atoms with E-state index in [1.807, 2.05) is 12.1 Å². The fourth-order valence-corrected chi connectivity index (χ4v) is 1.75. The molecule has 0 aliphatic carbocycles. The maximum Gasteiger partial charge on any atom is 0.305 e. The molecule has 0 heterocycles. The first-order valence-electron chi connectivity index (χ1n) is 5.35. The predicted octanol–water partition coefficient (Wildman–Crippen LogP) is 3.04. The Bertz CT molecular complexity index is 383. The van der Waals surface area contributed by atoms with Crippen LogP contribution in [0.4, 0.5) is 0 Å². The molecule has 94 valence electrons. The maximum atomic E-state index is 10.9. The van der Waals surface area contributed by atoms with E-state index in [1.54, 1.807) is 6.07 Å². The molecule has 5 heteroatoms. The van der Waals surface area contributed by atoms with Crippen LogP contribution in [0.2, 0.25) is 10.0 Å². The number of rotatable bonds is 6. The normalized spacial score (nSPS) is 10.3. The third-order valence-corrected chi connectivity index (χ3v) is 3.17. The van der Waals surface area contributed by atoms with E-state index in [1.165, 1.54) is 7.11 Å². The van der Waals surface area contributed by atoms with Gasteiger partial charge in [-0.2, -0.15) is 0 Å². The van der Waals surface area contributed by atoms with Crippen LogP contribution in [0.5, 0.6) is 0 Å². The molecule has 0 unspecified atom stereocenters. The highest BCUT2D eigenvalue weighted by Crippen LogP contribution is 2.25. The molecule has 1 aromatic rings. The molecule has 0 amide bonds. The number of nitrogens with one attached hydrogen (secondary N) is 1. The highest BCUT2D eigenvalue weighted by atomic mass is 35.5. The second-order valence-corrected chi connectivity index (χ2v) is 4.35. The average Bonchev–Trinajstić information content (AvgIpc) is 2.33. The Morgan fingerprint density at radius 3 is 2.88 bits per heavy atom. The third kappa shape index (κ3) is 4.94. The first-order valence-corrected chi connectivity index (χ1v) is 6.11. The topological polar surface area (TPSA) is 38.3 Å². The summed E-state index contributed by atoms with van der Waals surface area (Å²) in [5, 5.41) is 4.33. The number of carbonyl (C=O) groups excluding carboxylic acids is 1. The Labute approximate surface area is 111 Å². The monoisotopic (exact) mass is 275 g/mol. The number of esters is 1. The quantitative estimate of drug-likeness (QED) is 0.641. The van der Waals surface area contributed by atoms with Gasteiger partial charge in [0.05, 0.1) is 17.2 Å². The van der Waals surface area contributed by atoms with Gasteiger partial charge in [0.15, 0.2) is 0 Å². The zero-order valence-corrected chi connectivity index (χ0v) is 11.1. The Morgan fingerprint density at radius 2 is 2.18 bits per heavy atom. The van der Waals surface area contributed by atoms with E-state index in [0.717, 1.165) is 18.5 Å². The Morgan fingerprint density at radius 1 is 1.41 bits per heavy atom. The Hall–Kier alpha value is -0.770. The van der Waals surface area contributed by atoms with Crippen LogP contribution in [0.3, 0.4) is 0 Å². The molecule has 0 fully saturated rings. The van der Waals surface area contributed by atoms with E-state index in [9.17, 15) is 4.79 Å². The first kappa shape index (κ1) is 14.3. The van der Waals surface area contributed by atoms with Crippen molar-refractivity contribution in [2.24, 2.45) is 0 Å². The van der Waals surface area contributed by atoms with Crippen LogP contribution in [0.15, 0.2) is 18.2 Å². The highest BCUT2D eigenvalue weighted by Gasteiger charge is 2.04. The molecule has 1 rings (SSSR count). The highest BCUT2D eigenvalue weighted by molar-refractivity contribution is 6.42. The number of halogens is 2. The van der Waals surface area contributed by atoms with Gasteiger partial charge in [0.2, 0.25) is 0 Å². The first-order chi connectivity index (χ1) is 8.15. The van der Waals surface area contributed by atoms with Crippen LogP contribution in [0.25, 0.3) is 0 Å². The zero-order chi connectivity index (χ0) is 12.7. The van der Waals surface area contributed by atoms with Gasteiger partial charge in [0.1, 0.15) is 0 Å². The lowest BCUT2D eigenvalue weighted by Crippen LogP contribution is -2.16. The van der Waals surface area contributed by atoms with Crippen LogP contribution in [0.1, 0.15) is 18.4 Å².